The van der Waals surface area contributed by atoms with Gasteiger partial charge >= 0.3 is 0 Å². The third kappa shape index (κ3) is 6.54. The van der Waals surface area contributed by atoms with E-state index in [1.165, 1.54) is 0 Å². The highest BCUT2D eigenvalue weighted by atomic mass is 32.2. The minimum atomic E-state index is -3.54. The zero-order chi connectivity index (χ0) is 29.6. The van der Waals surface area contributed by atoms with Crippen molar-refractivity contribution in [2.45, 2.75) is 30.2 Å². The number of piperidine rings is 1. The number of anilines is 3. The molecule has 1 atom stereocenters. The second-order valence-corrected chi connectivity index (χ2v) is 12.7. The lowest BCUT2D eigenvalue weighted by atomic mass is 9.88. The van der Waals surface area contributed by atoms with Crippen molar-refractivity contribution in [2.24, 2.45) is 5.92 Å². The van der Waals surface area contributed by atoms with Crippen LogP contribution in [0.5, 0.6) is 0 Å². The van der Waals surface area contributed by atoms with Crippen molar-refractivity contribution in [1.29, 1.82) is 5.26 Å². The standard InChI is InChI=1S/C31H34N8O3S/c32-14-10-30(24-12-16-38(17-13-24)43(40,41)28-4-2-1-3-5-28)39-23-25(22-34-39)29-11-15-33-31(36-29)35-26-6-8-27(9-7-26)37-18-20-42-21-19-37/h1-9,11,15,22-24,30H,10,12-13,16-21H2,(H,33,35,36). The van der Waals surface area contributed by atoms with E-state index in [4.69, 9.17) is 9.72 Å². The average Bonchev–Trinajstić information content (AvgIpc) is 3.55. The molecule has 2 aromatic heterocycles. The summed E-state index contributed by atoms with van der Waals surface area (Å²) in [5.41, 5.74) is 3.58. The third-order valence-corrected chi connectivity index (χ3v) is 10.0. The Morgan fingerprint density at radius 2 is 1.74 bits per heavy atom. The molecule has 2 aliphatic heterocycles. The highest BCUT2D eigenvalue weighted by Gasteiger charge is 2.33. The summed E-state index contributed by atoms with van der Waals surface area (Å²) < 4.78 is 35.0. The van der Waals surface area contributed by atoms with Crippen LogP contribution in [-0.2, 0) is 14.8 Å². The zero-order valence-corrected chi connectivity index (χ0v) is 24.6. The van der Waals surface area contributed by atoms with Crippen LogP contribution in [0.25, 0.3) is 11.3 Å². The van der Waals surface area contributed by atoms with E-state index in [2.05, 4.69) is 38.5 Å². The smallest absolute Gasteiger partial charge is 0.243 e. The predicted octanol–water partition coefficient (Wildman–Crippen LogP) is 4.48. The van der Waals surface area contributed by atoms with E-state index in [1.54, 1.807) is 47.0 Å². The van der Waals surface area contributed by atoms with Gasteiger partial charge in [-0.2, -0.15) is 14.7 Å². The molecule has 0 saturated carbocycles. The molecule has 2 aliphatic rings. The maximum atomic E-state index is 13.1. The molecule has 11 nitrogen and oxygen atoms in total. The Morgan fingerprint density at radius 1 is 1.00 bits per heavy atom. The lowest BCUT2D eigenvalue weighted by molar-refractivity contribution is 0.122. The monoisotopic (exact) mass is 598 g/mol. The normalized spacial score (nSPS) is 17.3. The molecule has 4 heterocycles. The van der Waals surface area contributed by atoms with Crippen molar-refractivity contribution in [1.82, 2.24) is 24.1 Å². The molecule has 0 spiro atoms. The first-order valence-electron chi connectivity index (χ1n) is 14.5. The fourth-order valence-corrected chi connectivity index (χ4v) is 7.24. The number of nitrogens with zero attached hydrogens (tertiary/aromatic N) is 7. The van der Waals surface area contributed by atoms with E-state index in [0.29, 0.717) is 42.5 Å². The lowest BCUT2D eigenvalue weighted by Crippen LogP contribution is -2.40. The van der Waals surface area contributed by atoms with Gasteiger partial charge in [0.05, 0.1) is 48.5 Å². The summed E-state index contributed by atoms with van der Waals surface area (Å²) in [5.74, 6) is 0.600. The highest BCUT2D eigenvalue weighted by Crippen LogP contribution is 2.34. The summed E-state index contributed by atoms with van der Waals surface area (Å²) >= 11 is 0. The molecule has 222 valence electrons. The van der Waals surface area contributed by atoms with Gasteiger partial charge in [0, 0.05) is 55.5 Å². The topological polar surface area (TPSA) is 129 Å². The molecule has 0 radical (unpaired) electrons. The first-order chi connectivity index (χ1) is 21.0. The zero-order valence-electron chi connectivity index (χ0n) is 23.8. The van der Waals surface area contributed by atoms with Crippen molar-refractivity contribution in [2.75, 3.05) is 49.6 Å². The second kappa shape index (κ2) is 12.9. The third-order valence-electron chi connectivity index (χ3n) is 8.12. The van der Waals surface area contributed by atoms with Crippen LogP contribution in [0.1, 0.15) is 25.3 Å². The van der Waals surface area contributed by atoms with Crippen molar-refractivity contribution in [3.63, 3.8) is 0 Å². The van der Waals surface area contributed by atoms with Crippen LogP contribution in [0.3, 0.4) is 0 Å². The van der Waals surface area contributed by atoms with Crippen LogP contribution in [0.15, 0.2) is 84.1 Å². The van der Waals surface area contributed by atoms with Crippen molar-refractivity contribution < 1.29 is 13.2 Å². The van der Waals surface area contributed by atoms with Gasteiger partial charge in [0.2, 0.25) is 16.0 Å². The first kappa shape index (κ1) is 28.8. The van der Waals surface area contributed by atoms with E-state index < -0.39 is 10.0 Å². The fourth-order valence-electron chi connectivity index (χ4n) is 5.75. The van der Waals surface area contributed by atoms with E-state index >= 15 is 0 Å². The van der Waals surface area contributed by atoms with Crippen LogP contribution in [0.4, 0.5) is 17.3 Å². The van der Waals surface area contributed by atoms with E-state index in [0.717, 1.165) is 43.2 Å². The number of hydrogen-bond donors (Lipinski definition) is 1. The summed E-state index contributed by atoms with van der Waals surface area (Å²) in [6.45, 7) is 4.07. The largest absolute Gasteiger partial charge is 0.378 e. The summed E-state index contributed by atoms with van der Waals surface area (Å²) in [5, 5.41) is 17.5. The van der Waals surface area contributed by atoms with Gasteiger partial charge in [-0.3, -0.25) is 4.68 Å². The number of morpholine rings is 1. The Balaban J connectivity index is 1.12. The van der Waals surface area contributed by atoms with Crippen LogP contribution in [-0.4, -0.2) is 71.9 Å². The number of nitriles is 1. The molecule has 0 bridgehead atoms. The molecular formula is C31H34N8O3S. The molecule has 4 aromatic rings. The SMILES string of the molecule is N#CCC(C1CCN(S(=O)(=O)c2ccccc2)CC1)n1cc(-c2ccnc(Nc3ccc(N4CCOCC4)cc3)n2)cn1. The number of ether oxygens (including phenoxy) is 1. The number of benzene rings is 2. The Bertz CT molecular complexity index is 1660. The maximum absolute atomic E-state index is 13.1. The van der Waals surface area contributed by atoms with Crippen molar-refractivity contribution in [3.05, 3.63) is 79.3 Å². The minimum absolute atomic E-state index is 0.123. The molecule has 43 heavy (non-hydrogen) atoms. The van der Waals surface area contributed by atoms with Crippen LogP contribution < -0.4 is 10.2 Å². The molecule has 0 aliphatic carbocycles. The molecule has 6 rings (SSSR count). The number of rotatable bonds is 9. The van der Waals surface area contributed by atoms with Gasteiger partial charge in [0.25, 0.3) is 0 Å². The maximum Gasteiger partial charge on any atom is 0.243 e. The van der Waals surface area contributed by atoms with Gasteiger partial charge in [0.1, 0.15) is 0 Å². The molecule has 1 unspecified atom stereocenters. The lowest BCUT2D eigenvalue weighted by Gasteiger charge is -2.34. The first-order valence-corrected chi connectivity index (χ1v) is 15.9. The molecule has 0 amide bonds. The summed E-state index contributed by atoms with van der Waals surface area (Å²) in [7, 11) is -3.54. The van der Waals surface area contributed by atoms with Crippen LogP contribution in [0.2, 0.25) is 0 Å². The van der Waals surface area contributed by atoms with Crippen LogP contribution >= 0.6 is 0 Å². The summed E-state index contributed by atoms with van der Waals surface area (Å²) in [6, 6.07) is 20.7. The fraction of sp³-hybridized carbons (Fsp3) is 0.355. The number of hydrogen-bond acceptors (Lipinski definition) is 9. The molecule has 1 N–H and O–H groups in total. The molecular weight excluding hydrogens is 564 g/mol. The summed E-state index contributed by atoms with van der Waals surface area (Å²) in [6.07, 6.45) is 6.97. The van der Waals surface area contributed by atoms with E-state index in [1.807, 2.05) is 29.1 Å². The van der Waals surface area contributed by atoms with E-state index in [9.17, 15) is 13.7 Å². The Hall–Kier alpha value is -4.31. The molecule has 2 fully saturated rings. The van der Waals surface area contributed by atoms with Gasteiger partial charge < -0.3 is 15.0 Å². The minimum Gasteiger partial charge on any atom is -0.378 e. The number of aromatic nitrogens is 4. The Labute approximate surface area is 251 Å². The number of nitrogens with one attached hydrogen (secondary N) is 1. The Kier molecular flexibility index (Phi) is 8.64. The molecule has 2 saturated heterocycles. The average molecular weight is 599 g/mol. The van der Waals surface area contributed by atoms with Crippen molar-refractivity contribution >= 4 is 27.3 Å². The second-order valence-electron chi connectivity index (χ2n) is 10.7. The predicted molar refractivity (Wildman–Crippen MR) is 163 cm³/mol. The van der Waals surface area contributed by atoms with Gasteiger partial charge in [-0.1, -0.05) is 18.2 Å². The van der Waals surface area contributed by atoms with Crippen LogP contribution in [0, 0.1) is 17.2 Å². The van der Waals surface area contributed by atoms with Gasteiger partial charge in [-0.15, -0.1) is 0 Å². The van der Waals surface area contributed by atoms with Crippen molar-refractivity contribution in [3.8, 4) is 17.3 Å². The molecule has 12 heteroatoms. The van der Waals surface area contributed by atoms with Gasteiger partial charge in [-0.05, 0) is 61.2 Å². The Morgan fingerprint density at radius 3 is 2.47 bits per heavy atom. The van der Waals surface area contributed by atoms with Gasteiger partial charge in [0.15, 0.2) is 0 Å². The van der Waals surface area contributed by atoms with Gasteiger partial charge in [-0.25, -0.2) is 18.4 Å². The molecule has 2 aromatic carbocycles. The van der Waals surface area contributed by atoms with E-state index in [-0.39, 0.29) is 18.4 Å². The quantitative estimate of drug-likeness (QED) is 0.297. The number of sulfonamides is 1. The highest BCUT2D eigenvalue weighted by molar-refractivity contribution is 7.89. The summed E-state index contributed by atoms with van der Waals surface area (Å²) in [4.78, 5) is 11.7.